The third-order valence-electron chi connectivity index (χ3n) is 2.27. The maximum Gasteiger partial charge on any atom is 0.273 e. The largest absolute Gasteiger partial charge is 0.316 e. The second kappa shape index (κ2) is 5.95. The third-order valence-corrected chi connectivity index (χ3v) is 6.21. The third kappa shape index (κ3) is 3.50. The number of rotatable bonds is 6. The summed E-state index contributed by atoms with van der Waals surface area (Å²) in [6.07, 6.45) is 0.741. The van der Waals surface area contributed by atoms with Crippen molar-refractivity contribution in [3.8, 4) is 0 Å². The molecule has 0 amide bonds. The zero-order valence-electron chi connectivity index (χ0n) is 10.5. The van der Waals surface area contributed by atoms with Crippen LogP contribution in [0.4, 0.5) is 5.13 Å². The average molecular weight is 318 g/mol. The molecule has 0 aliphatic rings. The van der Waals surface area contributed by atoms with Gasteiger partial charge < -0.3 is 5.32 Å². The van der Waals surface area contributed by atoms with E-state index in [0.29, 0.717) is 11.7 Å². The molecule has 2 N–H and O–H groups in total. The Balaban J connectivity index is 2.16. The molecule has 6 nitrogen and oxygen atoms in total. The van der Waals surface area contributed by atoms with E-state index in [1.165, 1.54) is 22.7 Å². The van der Waals surface area contributed by atoms with Gasteiger partial charge in [0.05, 0.1) is 0 Å². The van der Waals surface area contributed by atoms with Gasteiger partial charge in [0.25, 0.3) is 10.0 Å². The van der Waals surface area contributed by atoms with Crippen LogP contribution in [0.3, 0.4) is 0 Å². The average Bonchev–Trinajstić information content (AvgIpc) is 2.98. The van der Waals surface area contributed by atoms with E-state index in [1.54, 1.807) is 6.07 Å². The van der Waals surface area contributed by atoms with Gasteiger partial charge >= 0.3 is 0 Å². The molecule has 0 bridgehead atoms. The minimum atomic E-state index is -3.56. The monoisotopic (exact) mass is 318 g/mol. The molecule has 0 saturated heterocycles. The number of thiophene rings is 1. The zero-order valence-corrected chi connectivity index (χ0v) is 13.0. The molecule has 19 heavy (non-hydrogen) atoms. The minimum absolute atomic E-state index is 0.283. The van der Waals surface area contributed by atoms with Crippen LogP contribution in [0.2, 0.25) is 0 Å². The number of sulfonamides is 1. The Kier molecular flexibility index (Phi) is 4.50. The molecule has 2 rings (SSSR count). The van der Waals surface area contributed by atoms with E-state index in [0.717, 1.165) is 17.0 Å². The Morgan fingerprint density at radius 1 is 1.37 bits per heavy atom. The highest BCUT2D eigenvalue weighted by Crippen LogP contribution is 2.24. The van der Waals surface area contributed by atoms with E-state index in [1.807, 2.05) is 19.4 Å². The molecular weight excluding hydrogens is 304 g/mol. The van der Waals surface area contributed by atoms with Gasteiger partial charge in [-0.25, -0.2) is 8.42 Å². The molecule has 0 aromatic carbocycles. The van der Waals surface area contributed by atoms with Gasteiger partial charge in [0.2, 0.25) is 5.13 Å². The Labute approximate surface area is 119 Å². The van der Waals surface area contributed by atoms with Gasteiger partial charge in [0.1, 0.15) is 9.22 Å². The number of nitrogens with one attached hydrogen (secondary N) is 2. The van der Waals surface area contributed by atoms with Gasteiger partial charge in [-0.1, -0.05) is 18.3 Å². The lowest BCUT2D eigenvalue weighted by molar-refractivity contribution is 0.603. The van der Waals surface area contributed by atoms with Crippen LogP contribution >= 0.6 is 22.7 Å². The number of hydrogen-bond donors (Lipinski definition) is 2. The van der Waals surface area contributed by atoms with Crippen LogP contribution in [0.5, 0.6) is 0 Å². The molecule has 0 unspecified atom stereocenters. The smallest absolute Gasteiger partial charge is 0.273 e. The van der Waals surface area contributed by atoms with Crippen molar-refractivity contribution >= 4 is 37.8 Å². The maximum atomic E-state index is 12.1. The molecule has 0 aliphatic carbocycles. The second-order valence-electron chi connectivity index (χ2n) is 3.76. The fourth-order valence-corrected chi connectivity index (χ4v) is 4.51. The summed E-state index contributed by atoms with van der Waals surface area (Å²) in [5.41, 5.74) is 0.944. The Morgan fingerprint density at radius 3 is 2.79 bits per heavy atom. The number of hydrogen-bond acceptors (Lipinski definition) is 7. The summed E-state index contributed by atoms with van der Waals surface area (Å²) in [6.45, 7) is 2.59. The lowest BCUT2D eigenvalue weighted by Crippen LogP contribution is -2.11. The predicted octanol–water partition coefficient (Wildman–Crippen LogP) is 1.68. The minimum Gasteiger partial charge on any atom is -0.316 e. The van der Waals surface area contributed by atoms with Crippen LogP contribution in [0, 0.1) is 0 Å². The molecule has 2 aromatic heterocycles. The fraction of sp³-hybridized carbons (Fsp3) is 0.400. The topological polar surface area (TPSA) is 84.0 Å². The van der Waals surface area contributed by atoms with Gasteiger partial charge in [0.15, 0.2) is 0 Å². The molecule has 0 saturated carbocycles. The van der Waals surface area contributed by atoms with Gasteiger partial charge in [-0.15, -0.1) is 21.5 Å². The summed E-state index contributed by atoms with van der Waals surface area (Å²) in [6, 6.07) is 1.66. The highest BCUT2D eigenvalue weighted by molar-refractivity contribution is 7.94. The SMILES string of the molecule is CCc1nnc(NS(=O)(=O)c2cc(CNC)cs2)s1. The number of anilines is 1. The summed E-state index contributed by atoms with van der Waals surface area (Å²) in [7, 11) is -1.74. The molecule has 0 atom stereocenters. The van der Waals surface area contributed by atoms with Gasteiger partial charge in [0, 0.05) is 6.54 Å². The molecular formula is C10H14N4O2S3. The zero-order chi connectivity index (χ0) is 13.9. The first kappa shape index (κ1) is 14.4. The first-order chi connectivity index (χ1) is 9.05. The molecule has 2 heterocycles. The Morgan fingerprint density at radius 2 is 2.16 bits per heavy atom. The summed E-state index contributed by atoms with van der Waals surface area (Å²) in [4.78, 5) is 0. The number of nitrogens with zero attached hydrogens (tertiary/aromatic N) is 2. The first-order valence-electron chi connectivity index (χ1n) is 5.62. The molecule has 0 radical (unpaired) electrons. The normalized spacial score (nSPS) is 11.7. The van der Waals surface area contributed by atoms with E-state index < -0.39 is 10.0 Å². The van der Waals surface area contributed by atoms with Gasteiger partial charge in [-0.2, -0.15) is 0 Å². The molecule has 0 spiro atoms. The molecule has 9 heteroatoms. The van der Waals surface area contributed by atoms with Crippen LogP contribution in [0.25, 0.3) is 0 Å². The first-order valence-corrected chi connectivity index (χ1v) is 8.80. The van der Waals surface area contributed by atoms with Gasteiger partial charge in [-0.05, 0) is 30.5 Å². The van der Waals surface area contributed by atoms with Crippen molar-refractivity contribution < 1.29 is 8.42 Å². The fourth-order valence-electron chi connectivity index (χ4n) is 1.39. The van der Waals surface area contributed by atoms with Crippen molar-refractivity contribution in [1.82, 2.24) is 15.5 Å². The Hall–Kier alpha value is -1.03. The van der Waals surface area contributed by atoms with Gasteiger partial charge in [-0.3, -0.25) is 4.72 Å². The maximum absolute atomic E-state index is 12.1. The molecule has 2 aromatic rings. The van der Waals surface area contributed by atoms with Crippen molar-refractivity contribution in [2.45, 2.75) is 24.1 Å². The molecule has 104 valence electrons. The summed E-state index contributed by atoms with van der Waals surface area (Å²) in [5, 5.41) is 13.6. The highest BCUT2D eigenvalue weighted by atomic mass is 32.2. The van der Waals surface area contributed by atoms with Crippen molar-refractivity contribution in [3.63, 3.8) is 0 Å². The van der Waals surface area contributed by atoms with E-state index in [2.05, 4.69) is 20.2 Å². The van der Waals surface area contributed by atoms with E-state index >= 15 is 0 Å². The number of aromatic nitrogens is 2. The Bertz CT molecular complexity index is 647. The number of aryl methyl sites for hydroxylation is 1. The van der Waals surface area contributed by atoms with Crippen molar-refractivity contribution in [1.29, 1.82) is 0 Å². The van der Waals surface area contributed by atoms with Crippen molar-refractivity contribution in [2.24, 2.45) is 0 Å². The van der Waals surface area contributed by atoms with E-state index in [-0.39, 0.29) is 4.21 Å². The van der Waals surface area contributed by atoms with Crippen LogP contribution in [0.15, 0.2) is 15.7 Å². The quantitative estimate of drug-likeness (QED) is 0.846. The lowest BCUT2D eigenvalue weighted by Gasteiger charge is -2.00. The second-order valence-corrected chi connectivity index (χ2v) is 7.65. The van der Waals surface area contributed by atoms with Crippen LogP contribution in [-0.2, 0) is 23.0 Å². The van der Waals surface area contributed by atoms with Crippen LogP contribution in [0.1, 0.15) is 17.5 Å². The summed E-state index contributed by atoms with van der Waals surface area (Å²) >= 11 is 2.45. The highest BCUT2D eigenvalue weighted by Gasteiger charge is 2.18. The molecule has 0 aliphatic heterocycles. The van der Waals surface area contributed by atoms with E-state index in [4.69, 9.17) is 0 Å². The summed E-state index contributed by atoms with van der Waals surface area (Å²) < 4.78 is 27.0. The van der Waals surface area contributed by atoms with Crippen LogP contribution < -0.4 is 10.0 Å². The molecule has 0 fully saturated rings. The summed E-state index contributed by atoms with van der Waals surface area (Å²) in [5.74, 6) is 0. The van der Waals surface area contributed by atoms with Crippen LogP contribution in [-0.4, -0.2) is 25.7 Å². The standard InChI is InChI=1S/C10H14N4O2S3/c1-3-8-12-13-10(18-8)14-19(15,16)9-4-7(5-11-2)6-17-9/h4,6,11H,3,5H2,1-2H3,(H,13,14). The lowest BCUT2D eigenvalue weighted by atomic mass is 10.3. The van der Waals surface area contributed by atoms with Crippen molar-refractivity contribution in [2.75, 3.05) is 11.8 Å². The van der Waals surface area contributed by atoms with E-state index in [9.17, 15) is 8.42 Å². The van der Waals surface area contributed by atoms with Crippen molar-refractivity contribution in [3.05, 3.63) is 22.0 Å². The predicted molar refractivity (Wildman–Crippen MR) is 77.2 cm³/mol.